The van der Waals surface area contributed by atoms with E-state index in [1.807, 2.05) is 4.40 Å². The SMILES string of the molecule is CCC(O)(CO)CO/C([O-])=N/S(=O)(=O)C(F)(F)F. The predicted octanol–water partition coefficient (Wildman–Crippen LogP) is -1.30. The van der Waals surface area contributed by atoms with Gasteiger partial charge in [-0.1, -0.05) is 6.92 Å². The van der Waals surface area contributed by atoms with E-state index < -0.39 is 40.4 Å². The zero-order chi connectivity index (χ0) is 14.6. The first-order chi connectivity index (χ1) is 7.97. The first-order valence-corrected chi connectivity index (χ1v) is 5.96. The minimum atomic E-state index is -5.97. The van der Waals surface area contributed by atoms with Crippen LogP contribution in [0.15, 0.2) is 4.40 Å². The van der Waals surface area contributed by atoms with Gasteiger partial charge in [-0.2, -0.15) is 21.6 Å². The molecule has 1 atom stereocenters. The van der Waals surface area contributed by atoms with Gasteiger partial charge < -0.3 is 20.1 Å². The number of halogens is 3. The van der Waals surface area contributed by atoms with Crippen LogP contribution in [0.3, 0.4) is 0 Å². The van der Waals surface area contributed by atoms with Crippen molar-refractivity contribution >= 4 is 16.1 Å². The Bertz CT molecular complexity index is 400. The average Bonchev–Trinajstić information content (AvgIpc) is 2.24. The Morgan fingerprint density at radius 3 is 2.28 bits per heavy atom. The van der Waals surface area contributed by atoms with Gasteiger partial charge in [0.25, 0.3) is 0 Å². The number of hydrogen-bond donors (Lipinski definition) is 2. The molecular formula is C7H11F3NO6S-. The zero-order valence-electron chi connectivity index (χ0n) is 9.14. The molecule has 108 valence electrons. The number of rotatable bonds is 5. The second-order valence-corrected chi connectivity index (χ2v) is 4.90. The lowest BCUT2D eigenvalue weighted by atomic mass is 10.0. The number of nitrogens with zero attached hydrogens (tertiary/aromatic N) is 1. The lowest BCUT2D eigenvalue weighted by Gasteiger charge is -2.28. The third-order valence-electron chi connectivity index (χ3n) is 1.90. The molecule has 0 spiro atoms. The van der Waals surface area contributed by atoms with E-state index in [9.17, 15) is 31.8 Å². The molecule has 0 amide bonds. The largest absolute Gasteiger partial charge is 0.597 e. The van der Waals surface area contributed by atoms with Gasteiger partial charge in [-0.15, -0.1) is 4.40 Å². The Kier molecular flexibility index (Phi) is 5.37. The van der Waals surface area contributed by atoms with Crippen LogP contribution in [0, 0.1) is 0 Å². The van der Waals surface area contributed by atoms with E-state index in [1.165, 1.54) is 6.92 Å². The van der Waals surface area contributed by atoms with Crippen molar-refractivity contribution in [1.82, 2.24) is 0 Å². The number of aliphatic hydroxyl groups is 2. The second-order valence-electron chi connectivity index (χ2n) is 3.30. The van der Waals surface area contributed by atoms with Crippen molar-refractivity contribution in [2.24, 2.45) is 4.40 Å². The van der Waals surface area contributed by atoms with Gasteiger partial charge in [0.2, 0.25) is 0 Å². The Morgan fingerprint density at radius 2 is 1.94 bits per heavy atom. The highest BCUT2D eigenvalue weighted by Crippen LogP contribution is 2.24. The first-order valence-electron chi connectivity index (χ1n) is 4.52. The van der Waals surface area contributed by atoms with Gasteiger partial charge in [0.15, 0.2) is 6.08 Å². The molecule has 11 heteroatoms. The summed E-state index contributed by atoms with van der Waals surface area (Å²) in [5, 5.41) is 28.8. The molecule has 1 unspecified atom stereocenters. The number of sulfonamides is 1. The van der Waals surface area contributed by atoms with Crippen LogP contribution >= 0.6 is 0 Å². The van der Waals surface area contributed by atoms with Gasteiger partial charge in [0, 0.05) is 6.61 Å². The quantitative estimate of drug-likeness (QED) is 0.480. The van der Waals surface area contributed by atoms with Crippen molar-refractivity contribution in [3.8, 4) is 0 Å². The van der Waals surface area contributed by atoms with Crippen LogP contribution in [0.1, 0.15) is 13.3 Å². The smallest absolute Gasteiger partial charge is 0.518 e. The van der Waals surface area contributed by atoms with Crippen molar-refractivity contribution in [2.75, 3.05) is 13.2 Å². The molecule has 0 aliphatic carbocycles. The van der Waals surface area contributed by atoms with E-state index in [1.54, 1.807) is 0 Å². The molecule has 0 saturated carbocycles. The number of aliphatic hydroxyl groups excluding tert-OH is 1. The minimum Gasteiger partial charge on any atom is -0.597 e. The van der Waals surface area contributed by atoms with E-state index >= 15 is 0 Å². The summed E-state index contributed by atoms with van der Waals surface area (Å²) in [6.45, 7) is -0.286. The monoisotopic (exact) mass is 294 g/mol. The molecule has 0 aromatic rings. The summed E-state index contributed by atoms with van der Waals surface area (Å²) < 4.78 is 62.2. The third-order valence-corrected chi connectivity index (χ3v) is 2.88. The van der Waals surface area contributed by atoms with Crippen molar-refractivity contribution in [3.63, 3.8) is 0 Å². The lowest BCUT2D eigenvalue weighted by Crippen LogP contribution is -2.40. The summed E-state index contributed by atoms with van der Waals surface area (Å²) in [7, 11) is -5.97. The normalized spacial score (nSPS) is 17.3. The van der Waals surface area contributed by atoms with Gasteiger partial charge in [-0.3, -0.25) is 0 Å². The highest BCUT2D eigenvalue weighted by molar-refractivity contribution is 7.91. The molecule has 0 aromatic carbocycles. The fourth-order valence-corrected chi connectivity index (χ4v) is 0.984. The van der Waals surface area contributed by atoms with Crippen LogP contribution in [-0.4, -0.2) is 49.0 Å². The molecule has 0 aliphatic heterocycles. The molecular weight excluding hydrogens is 283 g/mol. The fraction of sp³-hybridized carbons (Fsp3) is 0.857. The molecule has 0 bridgehead atoms. The highest BCUT2D eigenvalue weighted by Gasteiger charge is 2.46. The maximum absolute atomic E-state index is 11.8. The van der Waals surface area contributed by atoms with E-state index in [0.717, 1.165) is 0 Å². The molecule has 0 aromatic heterocycles. The maximum Gasteiger partial charge on any atom is 0.518 e. The molecule has 7 nitrogen and oxygen atoms in total. The Balaban J connectivity index is 4.76. The van der Waals surface area contributed by atoms with Crippen molar-refractivity contribution in [1.29, 1.82) is 0 Å². The summed E-state index contributed by atoms with van der Waals surface area (Å²) >= 11 is 0. The van der Waals surface area contributed by atoms with Crippen LogP contribution in [0.25, 0.3) is 0 Å². The van der Waals surface area contributed by atoms with Gasteiger partial charge in [0.05, 0.1) is 12.2 Å². The van der Waals surface area contributed by atoms with E-state index in [0.29, 0.717) is 0 Å². The summed E-state index contributed by atoms with van der Waals surface area (Å²) in [6.07, 6.45) is -2.09. The van der Waals surface area contributed by atoms with Crippen LogP contribution < -0.4 is 5.11 Å². The second kappa shape index (κ2) is 5.71. The Hall–Kier alpha value is -1.07. The summed E-state index contributed by atoms with van der Waals surface area (Å²) in [6, 6.07) is 0. The Labute approximate surface area is 101 Å². The maximum atomic E-state index is 11.8. The molecule has 0 fully saturated rings. The summed E-state index contributed by atoms with van der Waals surface area (Å²) in [5.41, 5.74) is -7.56. The number of ether oxygens (including phenoxy) is 1. The fourth-order valence-electron chi connectivity index (χ4n) is 0.632. The molecule has 0 rings (SSSR count). The molecule has 0 saturated heterocycles. The summed E-state index contributed by atoms with van der Waals surface area (Å²) in [5.74, 6) is 0. The van der Waals surface area contributed by atoms with Crippen molar-refractivity contribution in [3.05, 3.63) is 0 Å². The minimum absolute atomic E-state index is 0.0667. The van der Waals surface area contributed by atoms with Crippen molar-refractivity contribution < 1.29 is 41.6 Å². The van der Waals surface area contributed by atoms with Crippen molar-refractivity contribution in [2.45, 2.75) is 24.5 Å². The van der Waals surface area contributed by atoms with Gasteiger partial charge in [-0.05, 0) is 6.42 Å². The standard InChI is InChI=1S/C7H12F3NO6S/c1-2-6(14,3-12)4-17-5(13)11-18(15,16)7(8,9)10/h12,14H,2-4H2,1H3,(H,11,13)/p-1. The molecule has 0 radical (unpaired) electrons. The van der Waals surface area contributed by atoms with Crippen LogP contribution in [0.5, 0.6) is 0 Å². The van der Waals surface area contributed by atoms with Crippen LogP contribution in [0.4, 0.5) is 13.2 Å². The Morgan fingerprint density at radius 1 is 1.44 bits per heavy atom. The van der Waals surface area contributed by atoms with Crippen LogP contribution in [-0.2, 0) is 14.8 Å². The lowest BCUT2D eigenvalue weighted by molar-refractivity contribution is -0.255. The first kappa shape index (κ1) is 16.9. The molecule has 0 aliphatic rings. The molecule has 0 heterocycles. The third kappa shape index (κ3) is 4.66. The van der Waals surface area contributed by atoms with Gasteiger partial charge in [0.1, 0.15) is 0 Å². The number of hydrogen-bond acceptors (Lipinski definition) is 6. The predicted molar refractivity (Wildman–Crippen MR) is 50.7 cm³/mol. The molecule has 2 N–H and O–H groups in total. The highest BCUT2D eigenvalue weighted by atomic mass is 32.2. The average molecular weight is 294 g/mol. The number of alkyl halides is 3. The van der Waals surface area contributed by atoms with Gasteiger partial charge >= 0.3 is 15.5 Å². The molecule has 18 heavy (non-hydrogen) atoms. The van der Waals surface area contributed by atoms with E-state index in [-0.39, 0.29) is 6.42 Å². The zero-order valence-corrected chi connectivity index (χ0v) is 9.95. The summed E-state index contributed by atoms with van der Waals surface area (Å²) in [4.78, 5) is 0. The topological polar surface area (TPSA) is 119 Å². The van der Waals surface area contributed by atoms with E-state index in [2.05, 4.69) is 4.74 Å². The van der Waals surface area contributed by atoms with Gasteiger partial charge in [-0.25, -0.2) is 0 Å². The van der Waals surface area contributed by atoms with Crippen LogP contribution in [0.2, 0.25) is 0 Å². The van der Waals surface area contributed by atoms with E-state index in [4.69, 9.17) is 5.11 Å².